The Kier molecular flexibility index (Phi) is 3.39. The number of hydrogen-bond acceptors (Lipinski definition) is 1. The van der Waals surface area contributed by atoms with Crippen molar-refractivity contribution in [2.24, 2.45) is 0 Å². The third-order valence-corrected chi connectivity index (χ3v) is 3.49. The predicted molar refractivity (Wildman–Crippen MR) is 63.0 cm³/mol. The Morgan fingerprint density at radius 3 is 2.67 bits per heavy atom. The number of rotatable bonds is 3. The van der Waals surface area contributed by atoms with Crippen molar-refractivity contribution in [3.63, 3.8) is 0 Å². The van der Waals surface area contributed by atoms with Crippen molar-refractivity contribution in [3.05, 3.63) is 58.0 Å². The van der Waals surface area contributed by atoms with Crippen LogP contribution in [0.1, 0.15) is 15.8 Å². The zero-order valence-corrected chi connectivity index (χ0v) is 9.56. The van der Waals surface area contributed by atoms with Crippen LogP contribution in [0, 0.1) is 5.82 Å². The first-order valence-electron chi connectivity index (χ1n) is 4.68. The molecule has 0 spiro atoms. The van der Waals surface area contributed by atoms with E-state index in [2.05, 4.69) is 0 Å². The topological polar surface area (TPSA) is 0 Å². The van der Waals surface area contributed by atoms with E-state index in [1.165, 1.54) is 10.9 Å². The molecule has 0 N–H and O–H groups in total. The minimum absolute atomic E-state index is 0.228. The van der Waals surface area contributed by atoms with E-state index >= 15 is 0 Å². The van der Waals surface area contributed by atoms with Crippen molar-refractivity contribution in [1.29, 1.82) is 0 Å². The van der Waals surface area contributed by atoms with Crippen LogP contribution in [-0.4, -0.2) is 0 Å². The van der Waals surface area contributed by atoms with Gasteiger partial charge in [-0.05, 0) is 17.5 Å². The Morgan fingerprint density at radius 2 is 2.00 bits per heavy atom. The summed E-state index contributed by atoms with van der Waals surface area (Å²) in [6, 6.07) is 10.7. The first kappa shape index (κ1) is 10.7. The first-order valence-corrected chi connectivity index (χ1v) is 6.00. The van der Waals surface area contributed by atoms with Crippen LogP contribution in [0.5, 0.6) is 0 Å². The SMILES string of the molecule is Fc1ccccc1C(Cl)Cc1cccs1. The molecule has 0 fully saturated rings. The minimum atomic E-state index is -0.287. The van der Waals surface area contributed by atoms with E-state index < -0.39 is 0 Å². The van der Waals surface area contributed by atoms with Crippen LogP contribution in [0.2, 0.25) is 0 Å². The van der Waals surface area contributed by atoms with Crippen LogP contribution in [0.4, 0.5) is 4.39 Å². The quantitative estimate of drug-likeness (QED) is 0.698. The van der Waals surface area contributed by atoms with Gasteiger partial charge in [0.15, 0.2) is 0 Å². The second-order valence-electron chi connectivity index (χ2n) is 3.27. The molecule has 78 valence electrons. The van der Waals surface area contributed by atoms with E-state index in [1.54, 1.807) is 23.5 Å². The summed E-state index contributed by atoms with van der Waals surface area (Å²) in [6.45, 7) is 0. The van der Waals surface area contributed by atoms with Crippen molar-refractivity contribution >= 4 is 22.9 Å². The van der Waals surface area contributed by atoms with Gasteiger partial charge in [0.25, 0.3) is 0 Å². The molecule has 15 heavy (non-hydrogen) atoms. The van der Waals surface area contributed by atoms with Gasteiger partial charge in [0.1, 0.15) is 5.82 Å². The van der Waals surface area contributed by atoms with Gasteiger partial charge in [-0.3, -0.25) is 0 Å². The maximum atomic E-state index is 13.4. The molecule has 0 nitrogen and oxygen atoms in total. The summed E-state index contributed by atoms with van der Waals surface area (Å²) in [5.41, 5.74) is 0.576. The number of benzene rings is 1. The second-order valence-corrected chi connectivity index (χ2v) is 4.83. The average Bonchev–Trinajstić information content (AvgIpc) is 2.71. The summed E-state index contributed by atoms with van der Waals surface area (Å²) in [6.07, 6.45) is 0.681. The van der Waals surface area contributed by atoms with Gasteiger partial charge < -0.3 is 0 Å². The lowest BCUT2D eigenvalue weighted by Gasteiger charge is -2.09. The molecular formula is C12H10ClFS. The number of alkyl halides is 1. The Bertz CT molecular complexity index is 425. The van der Waals surface area contributed by atoms with Crippen LogP contribution in [0.3, 0.4) is 0 Å². The zero-order valence-electron chi connectivity index (χ0n) is 7.99. The molecule has 1 unspecified atom stereocenters. The highest BCUT2D eigenvalue weighted by Gasteiger charge is 2.13. The molecule has 2 rings (SSSR count). The molecule has 0 saturated carbocycles. The Balaban J connectivity index is 2.15. The maximum absolute atomic E-state index is 13.4. The molecule has 0 radical (unpaired) electrons. The second kappa shape index (κ2) is 4.77. The van der Waals surface area contributed by atoms with Crippen LogP contribution < -0.4 is 0 Å². The zero-order chi connectivity index (χ0) is 10.7. The molecule has 0 bridgehead atoms. The largest absolute Gasteiger partial charge is 0.207 e. The molecule has 0 saturated heterocycles. The highest BCUT2D eigenvalue weighted by molar-refractivity contribution is 7.09. The van der Waals surface area contributed by atoms with Gasteiger partial charge in [-0.15, -0.1) is 22.9 Å². The highest BCUT2D eigenvalue weighted by atomic mass is 35.5. The lowest BCUT2D eigenvalue weighted by molar-refractivity contribution is 0.606. The standard InChI is InChI=1S/C12H10ClFS/c13-11(8-9-4-3-7-15-9)10-5-1-2-6-12(10)14/h1-7,11H,8H2. The van der Waals surface area contributed by atoms with Gasteiger partial charge in [-0.2, -0.15) is 0 Å². The normalized spacial score (nSPS) is 12.7. The van der Waals surface area contributed by atoms with Crippen LogP contribution >= 0.6 is 22.9 Å². The van der Waals surface area contributed by atoms with Gasteiger partial charge in [0.2, 0.25) is 0 Å². The van der Waals surface area contributed by atoms with E-state index in [-0.39, 0.29) is 11.2 Å². The fourth-order valence-corrected chi connectivity index (χ4v) is 2.63. The highest BCUT2D eigenvalue weighted by Crippen LogP contribution is 2.28. The molecule has 1 aromatic carbocycles. The third-order valence-electron chi connectivity index (χ3n) is 2.20. The summed E-state index contributed by atoms with van der Waals surface area (Å²) < 4.78 is 13.4. The van der Waals surface area contributed by atoms with E-state index in [0.717, 1.165) is 0 Å². The lowest BCUT2D eigenvalue weighted by atomic mass is 10.1. The van der Waals surface area contributed by atoms with E-state index in [9.17, 15) is 4.39 Å². The summed E-state index contributed by atoms with van der Waals surface area (Å²) in [7, 11) is 0. The van der Waals surface area contributed by atoms with Gasteiger partial charge in [0, 0.05) is 16.9 Å². The van der Waals surface area contributed by atoms with Crippen molar-refractivity contribution < 1.29 is 4.39 Å². The lowest BCUT2D eigenvalue weighted by Crippen LogP contribution is -1.97. The minimum Gasteiger partial charge on any atom is -0.207 e. The van der Waals surface area contributed by atoms with Gasteiger partial charge in [-0.1, -0.05) is 24.3 Å². The Morgan fingerprint density at radius 1 is 1.20 bits per heavy atom. The van der Waals surface area contributed by atoms with Crippen molar-refractivity contribution in [1.82, 2.24) is 0 Å². The van der Waals surface area contributed by atoms with Crippen molar-refractivity contribution in [3.8, 4) is 0 Å². The van der Waals surface area contributed by atoms with Crippen LogP contribution in [0.15, 0.2) is 41.8 Å². The van der Waals surface area contributed by atoms with Gasteiger partial charge in [-0.25, -0.2) is 4.39 Å². The third kappa shape index (κ3) is 2.58. The molecule has 1 heterocycles. The fraction of sp³-hybridized carbons (Fsp3) is 0.167. The molecule has 2 aromatic rings. The van der Waals surface area contributed by atoms with E-state index in [1.807, 2.05) is 23.6 Å². The fourth-order valence-electron chi connectivity index (χ4n) is 1.44. The molecule has 0 aliphatic rings. The Hall–Kier alpha value is -0.860. The summed E-state index contributed by atoms with van der Waals surface area (Å²) >= 11 is 7.81. The smallest absolute Gasteiger partial charge is 0.127 e. The molecule has 1 atom stereocenters. The summed E-state index contributed by atoms with van der Waals surface area (Å²) in [5, 5.41) is 1.71. The monoisotopic (exact) mass is 240 g/mol. The van der Waals surface area contributed by atoms with E-state index in [4.69, 9.17) is 11.6 Å². The molecular weight excluding hydrogens is 231 g/mol. The van der Waals surface area contributed by atoms with Gasteiger partial charge >= 0.3 is 0 Å². The summed E-state index contributed by atoms with van der Waals surface area (Å²) in [4.78, 5) is 1.18. The predicted octanol–water partition coefficient (Wildman–Crippen LogP) is 4.41. The van der Waals surface area contributed by atoms with Crippen LogP contribution in [0.25, 0.3) is 0 Å². The molecule has 3 heteroatoms. The number of halogens is 2. The van der Waals surface area contributed by atoms with Crippen molar-refractivity contribution in [2.45, 2.75) is 11.8 Å². The number of hydrogen-bond donors (Lipinski definition) is 0. The number of thiophene rings is 1. The first-order chi connectivity index (χ1) is 7.27. The van der Waals surface area contributed by atoms with E-state index in [0.29, 0.717) is 12.0 Å². The van der Waals surface area contributed by atoms with Gasteiger partial charge in [0.05, 0.1) is 5.38 Å². The molecule has 1 aromatic heterocycles. The van der Waals surface area contributed by atoms with Crippen LogP contribution in [-0.2, 0) is 6.42 Å². The average molecular weight is 241 g/mol. The van der Waals surface area contributed by atoms with Crippen molar-refractivity contribution in [2.75, 3.05) is 0 Å². The Labute approximate surface area is 97.3 Å². The maximum Gasteiger partial charge on any atom is 0.127 e. The molecule has 0 amide bonds. The molecule has 0 aliphatic carbocycles. The molecule has 0 aliphatic heterocycles. The summed E-state index contributed by atoms with van der Waals surface area (Å²) in [5.74, 6) is -0.228.